The van der Waals surface area contributed by atoms with Gasteiger partial charge in [0.05, 0.1) is 0 Å². The zero-order chi connectivity index (χ0) is 42.8. The van der Waals surface area contributed by atoms with E-state index >= 15 is 0 Å². The van der Waals surface area contributed by atoms with E-state index in [9.17, 15) is 0 Å². The maximum absolute atomic E-state index is 6.66. The van der Waals surface area contributed by atoms with Crippen LogP contribution < -0.4 is 0 Å². The van der Waals surface area contributed by atoms with Gasteiger partial charge >= 0.3 is 0 Å². The molecule has 0 aliphatic heterocycles. The quantitative estimate of drug-likeness (QED) is 0.161. The van der Waals surface area contributed by atoms with Crippen LogP contribution >= 0.6 is 0 Å². The summed E-state index contributed by atoms with van der Waals surface area (Å²) in [5, 5.41) is 2.19. The van der Waals surface area contributed by atoms with Crippen molar-refractivity contribution in [2.45, 2.75) is 19.3 Å². The van der Waals surface area contributed by atoms with Crippen molar-refractivity contribution in [2.24, 2.45) is 0 Å². The van der Waals surface area contributed by atoms with Crippen molar-refractivity contribution >= 4 is 21.9 Å². The van der Waals surface area contributed by atoms with Gasteiger partial charge < -0.3 is 4.42 Å². The molecule has 0 saturated carbocycles. The first-order chi connectivity index (χ1) is 31.4. The lowest BCUT2D eigenvalue weighted by molar-refractivity contribution is 0.660. The maximum Gasteiger partial charge on any atom is 0.164 e. The SMILES string of the molecule is CC1(C)c2ccccc2-c2ccc(-c3nc(-c4ccccc4)nc(-c4cc(-c5ccccc5)cc(-c5ccc6c(c5)oc5cccc(-c7ccc(-c8ccccc8)cc7)c56)c4)n3)cc21. The van der Waals surface area contributed by atoms with E-state index < -0.39 is 0 Å². The lowest BCUT2D eigenvalue weighted by Crippen LogP contribution is -2.15. The molecule has 64 heavy (non-hydrogen) atoms. The lowest BCUT2D eigenvalue weighted by Gasteiger charge is -2.21. The van der Waals surface area contributed by atoms with E-state index in [-0.39, 0.29) is 5.41 Å². The predicted octanol–water partition coefficient (Wildman–Crippen LogP) is 15.7. The van der Waals surface area contributed by atoms with Crippen molar-refractivity contribution in [3.05, 3.63) is 223 Å². The molecule has 0 spiro atoms. The van der Waals surface area contributed by atoms with Gasteiger partial charge in [-0.15, -0.1) is 0 Å². The van der Waals surface area contributed by atoms with Crippen molar-refractivity contribution < 1.29 is 4.42 Å². The van der Waals surface area contributed by atoms with Crippen LogP contribution in [0.3, 0.4) is 0 Å². The number of rotatable bonds is 7. The smallest absolute Gasteiger partial charge is 0.164 e. The van der Waals surface area contributed by atoms with Crippen LogP contribution in [-0.4, -0.2) is 15.0 Å². The highest BCUT2D eigenvalue weighted by molar-refractivity contribution is 6.13. The van der Waals surface area contributed by atoms with Gasteiger partial charge in [0, 0.05) is 32.9 Å². The van der Waals surface area contributed by atoms with Crippen LogP contribution in [-0.2, 0) is 5.41 Å². The molecular weight excluding hydrogens is 779 g/mol. The molecule has 4 heteroatoms. The maximum atomic E-state index is 6.66. The largest absolute Gasteiger partial charge is 0.456 e. The number of benzene rings is 9. The van der Waals surface area contributed by atoms with Crippen LogP contribution in [0, 0.1) is 0 Å². The second-order valence-corrected chi connectivity index (χ2v) is 17.2. The second kappa shape index (κ2) is 15.0. The van der Waals surface area contributed by atoms with E-state index in [0.717, 1.165) is 72.0 Å². The third kappa shape index (κ3) is 6.42. The molecule has 0 amide bonds. The predicted molar refractivity (Wildman–Crippen MR) is 263 cm³/mol. The fraction of sp³-hybridized carbons (Fsp3) is 0.0500. The summed E-state index contributed by atoms with van der Waals surface area (Å²) in [6.07, 6.45) is 0. The van der Waals surface area contributed by atoms with E-state index in [2.05, 4.69) is 208 Å². The summed E-state index contributed by atoms with van der Waals surface area (Å²) in [6.45, 7) is 4.61. The van der Waals surface area contributed by atoms with Gasteiger partial charge in [0.1, 0.15) is 11.2 Å². The number of furan rings is 1. The molecule has 9 aromatic carbocycles. The Morgan fingerprint density at radius 2 is 0.812 bits per heavy atom. The Kier molecular flexibility index (Phi) is 8.80. The van der Waals surface area contributed by atoms with Crippen LogP contribution in [0.5, 0.6) is 0 Å². The molecule has 11 aromatic rings. The van der Waals surface area contributed by atoms with Gasteiger partial charge in [-0.1, -0.05) is 184 Å². The molecule has 302 valence electrons. The average molecular weight is 820 g/mol. The standard InChI is InChI=1S/C60H41N3O/c1-60(2)52-23-13-12-21-49(52)50-31-30-44(36-53(50)60)58-61-57(42-19-10-5-11-20-42)62-59(63-58)47-34-45(39-17-8-4-9-18-39)33-46(35-47)43-29-32-51-55(37-43)64-54-24-14-22-48(56(51)54)41-27-25-40(26-28-41)38-15-6-3-7-16-38/h3-37H,1-2H3. The first kappa shape index (κ1) is 37.5. The Hall–Kier alpha value is -8.21. The Morgan fingerprint density at radius 1 is 0.312 bits per heavy atom. The third-order valence-electron chi connectivity index (χ3n) is 12.9. The summed E-state index contributed by atoms with van der Waals surface area (Å²) in [5.74, 6) is 1.88. The van der Waals surface area contributed by atoms with Gasteiger partial charge in [-0.2, -0.15) is 0 Å². The summed E-state index contributed by atoms with van der Waals surface area (Å²) < 4.78 is 6.66. The van der Waals surface area contributed by atoms with Gasteiger partial charge in [-0.05, 0) is 109 Å². The molecule has 0 bridgehead atoms. The molecular formula is C60H41N3O. The minimum Gasteiger partial charge on any atom is -0.456 e. The van der Waals surface area contributed by atoms with E-state index in [1.54, 1.807) is 0 Å². The molecule has 2 heterocycles. The van der Waals surface area contributed by atoms with Crippen molar-refractivity contribution in [2.75, 3.05) is 0 Å². The van der Waals surface area contributed by atoms with Crippen LogP contribution in [0.4, 0.5) is 0 Å². The van der Waals surface area contributed by atoms with Gasteiger partial charge in [0.2, 0.25) is 0 Å². The molecule has 0 radical (unpaired) electrons. The number of hydrogen-bond acceptors (Lipinski definition) is 4. The summed E-state index contributed by atoms with van der Waals surface area (Å²) in [6, 6.07) is 75.0. The summed E-state index contributed by atoms with van der Waals surface area (Å²) in [5.41, 5.74) is 18.4. The monoisotopic (exact) mass is 819 g/mol. The van der Waals surface area contributed by atoms with Crippen molar-refractivity contribution in [3.63, 3.8) is 0 Å². The number of fused-ring (bicyclic) bond motifs is 6. The molecule has 0 fully saturated rings. The Labute approximate surface area is 372 Å². The van der Waals surface area contributed by atoms with Crippen LogP contribution in [0.1, 0.15) is 25.0 Å². The van der Waals surface area contributed by atoms with Crippen LogP contribution in [0.2, 0.25) is 0 Å². The number of aromatic nitrogens is 3. The highest BCUT2D eigenvalue weighted by Gasteiger charge is 2.35. The molecule has 1 aliphatic rings. The van der Waals surface area contributed by atoms with Crippen LogP contribution in [0.15, 0.2) is 217 Å². The number of hydrogen-bond donors (Lipinski definition) is 0. The van der Waals surface area contributed by atoms with Crippen molar-refractivity contribution in [1.82, 2.24) is 15.0 Å². The van der Waals surface area contributed by atoms with E-state index in [0.29, 0.717) is 17.5 Å². The molecule has 4 nitrogen and oxygen atoms in total. The van der Waals surface area contributed by atoms with Gasteiger partial charge in [-0.25, -0.2) is 15.0 Å². The van der Waals surface area contributed by atoms with E-state index in [1.165, 1.54) is 33.4 Å². The topological polar surface area (TPSA) is 51.8 Å². The Bertz CT molecular complexity index is 3560. The Balaban J connectivity index is 0.990. The fourth-order valence-electron chi connectivity index (χ4n) is 9.63. The Morgan fingerprint density at radius 3 is 1.53 bits per heavy atom. The third-order valence-corrected chi connectivity index (χ3v) is 12.9. The highest BCUT2D eigenvalue weighted by Crippen LogP contribution is 2.49. The molecule has 0 atom stereocenters. The van der Waals surface area contributed by atoms with Crippen LogP contribution in [0.25, 0.3) is 112 Å². The molecule has 12 rings (SSSR count). The molecule has 0 N–H and O–H groups in total. The first-order valence-electron chi connectivity index (χ1n) is 21.8. The molecule has 0 saturated heterocycles. The zero-order valence-electron chi connectivity index (χ0n) is 35.5. The lowest BCUT2D eigenvalue weighted by atomic mass is 9.82. The number of nitrogens with zero attached hydrogens (tertiary/aromatic N) is 3. The molecule has 2 aromatic heterocycles. The normalized spacial score (nSPS) is 12.7. The summed E-state index contributed by atoms with van der Waals surface area (Å²) in [4.78, 5) is 15.6. The minimum absolute atomic E-state index is 0.157. The van der Waals surface area contributed by atoms with E-state index in [4.69, 9.17) is 19.4 Å². The average Bonchev–Trinajstić information content (AvgIpc) is 3.85. The van der Waals surface area contributed by atoms with Crippen molar-refractivity contribution in [3.8, 4) is 89.8 Å². The second-order valence-electron chi connectivity index (χ2n) is 17.2. The molecule has 1 aliphatic carbocycles. The van der Waals surface area contributed by atoms with Gasteiger partial charge in [0.15, 0.2) is 17.5 Å². The molecule has 0 unspecified atom stereocenters. The highest BCUT2D eigenvalue weighted by atomic mass is 16.3. The van der Waals surface area contributed by atoms with Gasteiger partial charge in [0.25, 0.3) is 0 Å². The van der Waals surface area contributed by atoms with Gasteiger partial charge in [-0.3, -0.25) is 0 Å². The van der Waals surface area contributed by atoms with E-state index in [1.807, 2.05) is 18.2 Å². The first-order valence-corrected chi connectivity index (χ1v) is 21.8. The summed E-state index contributed by atoms with van der Waals surface area (Å²) in [7, 11) is 0. The summed E-state index contributed by atoms with van der Waals surface area (Å²) >= 11 is 0. The van der Waals surface area contributed by atoms with Crippen molar-refractivity contribution in [1.29, 1.82) is 0 Å². The minimum atomic E-state index is -0.157. The fourth-order valence-corrected chi connectivity index (χ4v) is 9.63. The zero-order valence-corrected chi connectivity index (χ0v) is 35.5.